The number of hydrogen-bond acceptors (Lipinski definition) is 2. The van der Waals surface area contributed by atoms with Crippen LogP contribution in [0.25, 0.3) is 0 Å². The van der Waals surface area contributed by atoms with E-state index in [1.165, 1.54) is 22.3 Å². The lowest BCUT2D eigenvalue weighted by atomic mass is 10.1. The van der Waals surface area contributed by atoms with E-state index in [-0.39, 0.29) is 24.0 Å². The molecule has 132 valence electrons. The third-order valence-electron chi connectivity index (χ3n) is 3.86. The zero-order valence-electron chi connectivity index (χ0n) is 15.0. The molecule has 0 spiro atoms. The quantitative estimate of drug-likeness (QED) is 0.314. The number of guanidine groups is 1. The molecule has 0 radical (unpaired) electrons. The molecule has 0 amide bonds. The third-order valence-corrected chi connectivity index (χ3v) is 3.86. The number of nitrogens with one attached hydrogen (secondary N) is 2. The fourth-order valence-corrected chi connectivity index (χ4v) is 2.54. The first kappa shape index (κ1) is 20.5. The van der Waals surface area contributed by atoms with Gasteiger partial charge in [0.25, 0.3) is 0 Å². The molecule has 0 saturated heterocycles. The predicted molar refractivity (Wildman–Crippen MR) is 111 cm³/mol. The summed E-state index contributed by atoms with van der Waals surface area (Å²) in [6, 6.07) is 6.53. The van der Waals surface area contributed by atoms with Crippen molar-refractivity contribution in [1.82, 2.24) is 20.4 Å². The van der Waals surface area contributed by atoms with Gasteiger partial charge in [-0.1, -0.05) is 23.8 Å². The fourth-order valence-electron chi connectivity index (χ4n) is 2.54. The summed E-state index contributed by atoms with van der Waals surface area (Å²) >= 11 is 0. The van der Waals surface area contributed by atoms with Gasteiger partial charge in [0.2, 0.25) is 0 Å². The lowest BCUT2D eigenvalue weighted by molar-refractivity contribution is 0.738. The van der Waals surface area contributed by atoms with Crippen LogP contribution in [0.4, 0.5) is 0 Å². The maximum Gasteiger partial charge on any atom is 0.191 e. The topological polar surface area (TPSA) is 54.2 Å². The van der Waals surface area contributed by atoms with Crippen molar-refractivity contribution in [2.75, 3.05) is 13.6 Å². The molecule has 1 heterocycles. The van der Waals surface area contributed by atoms with Crippen LogP contribution in [0.15, 0.2) is 35.6 Å². The van der Waals surface area contributed by atoms with E-state index in [9.17, 15) is 0 Å². The van der Waals surface area contributed by atoms with E-state index in [4.69, 9.17) is 0 Å². The number of benzene rings is 1. The Balaban J connectivity index is 0.00000288. The van der Waals surface area contributed by atoms with Gasteiger partial charge in [-0.2, -0.15) is 5.10 Å². The van der Waals surface area contributed by atoms with Crippen LogP contribution >= 0.6 is 24.0 Å². The summed E-state index contributed by atoms with van der Waals surface area (Å²) in [4.78, 5) is 4.28. The molecule has 0 fully saturated rings. The minimum atomic E-state index is 0. The highest BCUT2D eigenvalue weighted by Gasteiger charge is 2.02. The molecule has 2 rings (SSSR count). The Kier molecular flexibility index (Phi) is 8.81. The number of halogens is 1. The van der Waals surface area contributed by atoms with E-state index in [1.54, 1.807) is 7.05 Å². The second-order valence-electron chi connectivity index (χ2n) is 5.91. The van der Waals surface area contributed by atoms with E-state index in [0.717, 1.165) is 31.9 Å². The van der Waals surface area contributed by atoms with Crippen LogP contribution in [-0.2, 0) is 20.0 Å². The van der Waals surface area contributed by atoms with Crippen molar-refractivity contribution < 1.29 is 0 Å². The Morgan fingerprint density at radius 1 is 1.25 bits per heavy atom. The molecule has 0 aliphatic heterocycles. The molecule has 0 bridgehead atoms. The van der Waals surface area contributed by atoms with E-state index in [1.807, 2.05) is 17.9 Å². The maximum absolute atomic E-state index is 4.28. The summed E-state index contributed by atoms with van der Waals surface area (Å²) in [5.41, 5.74) is 5.18. The SMILES string of the molecule is CN=C(NCCCc1cnn(C)c1)NCc1ccc(C)cc1C.I. The monoisotopic (exact) mass is 441 g/mol. The van der Waals surface area contributed by atoms with Crippen LogP contribution < -0.4 is 10.6 Å². The summed E-state index contributed by atoms with van der Waals surface area (Å²) in [6.45, 7) is 5.94. The number of aliphatic imine (C=N–C) groups is 1. The Hall–Kier alpha value is -1.57. The molecule has 6 heteroatoms. The zero-order chi connectivity index (χ0) is 16.7. The summed E-state index contributed by atoms with van der Waals surface area (Å²) in [7, 11) is 3.75. The van der Waals surface area contributed by atoms with Crippen molar-refractivity contribution in [1.29, 1.82) is 0 Å². The summed E-state index contributed by atoms with van der Waals surface area (Å²) < 4.78 is 1.84. The second kappa shape index (κ2) is 10.3. The largest absolute Gasteiger partial charge is 0.356 e. The summed E-state index contributed by atoms with van der Waals surface area (Å²) in [5.74, 6) is 0.844. The number of aromatic nitrogens is 2. The zero-order valence-corrected chi connectivity index (χ0v) is 17.3. The number of rotatable bonds is 6. The van der Waals surface area contributed by atoms with Gasteiger partial charge in [-0.05, 0) is 43.4 Å². The van der Waals surface area contributed by atoms with Gasteiger partial charge in [-0.3, -0.25) is 9.67 Å². The molecule has 24 heavy (non-hydrogen) atoms. The molecule has 2 aromatic rings. The molecule has 2 N–H and O–H groups in total. The first-order chi connectivity index (χ1) is 11.1. The van der Waals surface area contributed by atoms with Crippen LogP contribution in [0.2, 0.25) is 0 Å². The number of hydrogen-bond donors (Lipinski definition) is 2. The van der Waals surface area contributed by atoms with Crippen molar-refractivity contribution in [2.45, 2.75) is 33.2 Å². The van der Waals surface area contributed by atoms with Gasteiger partial charge in [0, 0.05) is 33.4 Å². The van der Waals surface area contributed by atoms with Gasteiger partial charge >= 0.3 is 0 Å². The van der Waals surface area contributed by atoms with Crippen LogP contribution in [0.1, 0.15) is 28.7 Å². The highest BCUT2D eigenvalue weighted by atomic mass is 127. The second-order valence-corrected chi connectivity index (χ2v) is 5.91. The number of aryl methyl sites for hydroxylation is 4. The van der Waals surface area contributed by atoms with Crippen molar-refractivity contribution >= 4 is 29.9 Å². The molecule has 1 aromatic heterocycles. The fraction of sp³-hybridized carbons (Fsp3) is 0.444. The highest BCUT2D eigenvalue weighted by Crippen LogP contribution is 2.09. The van der Waals surface area contributed by atoms with Crippen molar-refractivity contribution in [3.63, 3.8) is 0 Å². The molecule has 5 nitrogen and oxygen atoms in total. The lowest BCUT2D eigenvalue weighted by Crippen LogP contribution is -2.37. The summed E-state index contributed by atoms with van der Waals surface area (Å²) in [5, 5.41) is 10.9. The molecule has 0 saturated carbocycles. The van der Waals surface area contributed by atoms with Gasteiger partial charge < -0.3 is 10.6 Å². The van der Waals surface area contributed by atoms with E-state index < -0.39 is 0 Å². The number of nitrogens with zero attached hydrogens (tertiary/aromatic N) is 3. The molecule has 0 aliphatic rings. The Labute approximate surface area is 162 Å². The maximum atomic E-state index is 4.28. The van der Waals surface area contributed by atoms with Gasteiger partial charge in [0.1, 0.15) is 0 Å². The van der Waals surface area contributed by atoms with Crippen LogP contribution in [0.3, 0.4) is 0 Å². The lowest BCUT2D eigenvalue weighted by Gasteiger charge is -2.13. The first-order valence-electron chi connectivity index (χ1n) is 8.06. The Morgan fingerprint density at radius 3 is 2.67 bits per heavy atom. The van der Waals surface area contributed by atoms with Gasteiger partial charge in [0.15, 0.2) is 5.96 Å². The molecular formula is C18H28IN5. The van der Waals surface area contributed by atoms with Crippen molar-refractivity contribution in [2.24, 2.45) is 12.0 Å². The molecule has 0 unspecified atom stereocenters. The van der Waals surface area contributed by atoms with Gasteiger partial charge in [-0.25, -0.2) is 0 Å². The minimum Gasteiger partial charge on any atom is -0.356 e. The van der Waals surface area contributed by atoms with Crippen molar-refractivity contribution in [3.05, 3.63) is 52.8 Å². The Bertz CT molecular complexity index is 663. The standard InChI is InChI=1S/C18H27N5.HI/c1-14-7-8-17(15(2)10-14)12-21-18(19-3)20-9-5-6-16-11-22-23(4)13-16;/h7-8,10-11,13H,5-6,9,12H2,1-4H3,(H2,19,20,21);1H. The molecule has 0 aliphatic carbocycles. The Morgan fingerprint density at radius 2 is 2.04 bits per heavy atom. The molecule has 1 aromatic carbocycles. The highest BCUT2D eigenvalue weighted by molar-refractivity contribution is 14.0. The minimum absolute atomic E-state index is 0. The third kappa shape index (κ3) is 6.51. The predicted octanol–water partition coefficient (Wildman–Crippen LogP) is 2.95. The molecule has 0 atom stereocenters. The average Bonchev–Trinajstić information content (AvgIpc) is 2.93. The van der Waals surface area contributed by atoms with Crippen LogP contribution in [0.5, 0.6) is 0 Å². The normalized spacial score (nSPS) is 11.1. The smallest absolute Gasteiger partial charge is 0.191 e. The van der Waals surface area contributed by atoms with Crippen LogP contribution in [-0.4, -0.2) is 29.3 Å². The van der Waals surface area contributed by atoms with Gasteiger partial charge in [-0.15, -0.1) is 24.0 Å². The molecular weight excluding hydrogens is 413 g/mol. The van der Waals surface area contributed by atoms with E-state index in [0.29, 0.717) is 0 Å². The van der Waals surface area contributed by atoms with E-state index in [2.05, 4.69) is 59.0 Å². The van der Waals surface area contributed by atoms with E-state index >= 15 is 0 Å². The van der Waals surface area contributed by atoms with Crippen LogP contribution in [0, 0.1) is 13.8 Å². The first-order valence-corrected chi connectivity index (χ1v) is 8.06. The summed E-state index contributed by atoms with van der Waals surface area (Å²) in [6.07, 6.45) is 6.06. The van der Waals surface area contributed by atoms with Crippen molar-refractivity contribution in [3.8, 4) is 0 Å². The average molecular weight is 441 g/mol. The van der Waals surface area contributed by atoms with Gasteiger partial charge in [0.05, 0.1) is 6.20 Å².